The van der Waals surface area contributed by atoms with E-state index in [1.165, 1.54) is 11.1 Å². The van der Waals surface area contributed by atoms with Crippen LogP contribution in [0.25, 0.3) is 0 Å². The van der Waals surface area contributed by atoms with Crippen LogP contribution < -0.4 is 4.74 Å². The number of carboxylic acid groups (broad SMARTS) is 1. The average Bonchev–Trinajstić information content (AvgIpc) is 3.32. The van der Waals surface area contributed by atoms with Crippen LogP contribution in [0.4, 0.5) is 22.0 Å². The smallest absolute Gasteiger partial charge is 0.453 e. The van der Waals surface area contributed by atoms with E-state index in [1.54, 1.807) is 0 Å². The molecule has 3 aliphatic rings. The topological polar surface area (TPSA) is 101 Å². The quantitative estimate of drug-likeness (QED) is 0.0640. The zero-order valence-electron chi connectivity index (χ0n) is 28.6. The summed E-state index contributed by atoms with van der Waals surface area (Å²) in [5.74, 6) is -3.59. The molecule has 0 saturated heterocycles. The Labute approximate surface area is 289 Å². The molecule has 4 rings (SSSR count). The van der Waals surface area contributed by atoms with E-state index in [9.17, 15) is 40.9 Å². The molecule has 49 heavy (non-hydrogen) atoms. The highest BCUT2D eigenvalue weighted by Crippen LogP contribution is 2.62. The number of ether oxygens (including phenoxy) is 1. The standard InChI is InChI=1S/C37H53F5O6S/c1-35-20-18-29-28-15-14-27(48-33(46)13-9-12-32(44)45)24-26(28)23-25(34(29)30(35)16-17-31(35)43)11-7-5-3-2-4-6-8-21-49(47)22-10-19-36(38,39)37(40,41)42/h14-15,24-25,29-31,34,43H,2-13,16-23H2,1H3,(H,44,45)/t25-,29-,30+,31+,34-,35+,49?/m1/s1. The van der Waals surface area contributed by atoms with Gasteiger partial charge in [-0.1, -0.05) is 51.5 Å². The number of aliphatic carboxylic acids is 1. The number of carbonyl (C=O) groups is 2. The van der Waals surface area contributed by atoms with Crippen molar-refractivity contribution in [2.75, 3.05) is 11.5 Å². The van der Waals surface area contributed by atoms with Gasteiger partial charge in [-0.2, -0.15) is 22.0 Å². The first kappa shape index (κ1) is 39.7. The van der Waals surface area contributed by atoms with Gasteiger partial charge in [0.1, 0.15) is 5.75 Å². The molecule has 0 aliphatic heterocycles. The number of fused-ring (bicyclic) bond motifs is 5. The molecular weight excluding hydrogens is 667 g/mol. The highest BCUT2D eigenvalue weighted by atomic mass is 32.2. The Bertz CT molecular complexity index is 1290. The molecule has 1 aromatic rings. The summed E-state index contributed by atoms with van der Waals surface area (Å²) in [7, 11) is -1.39. The van der Waals surface area contributed by atoms with Crippen LogP contribution >= 0.6 is 0 Å². The van der Waals surface area contributed by atoms with E-state index in [0.29, 0.717) is 41.6 Å². The third-order valence-electron chi connectivity index (χ3n) is 11.6. The Kier molecular flexibility index (Phi) is 14.1. The maximum absolute atomic E-state index is 13.0. The minimum Gasteiger partial charge on any atom is -0.481 e. The van der Waals surface area contributed by atoms with Gasteiger partial charge < -0.3 is 14.9 Å². The molecule has 0 radical (unpaired) electrons. The first-order chi connectivity index (χ1) is 23.1. The lowest BCUT2D eigenvalue weighted by Crippen LogP contribution is -2.47. The monoisotopic (exact) mass is 720 g/mol. The predicted octanol–water partition coefficient (Wildman–Crippen LogP) is 9.14. The van der Waals surface area contributed by atoms with Gasteiger partial charge in [-0.05, 0) is 110 Å². The van der Waals surface area contributed by atoms with E-state index >= 15 is 0 Å². The number of aliphatic hydroxyl groups excluding tert-OH is 1. The molecule has 1 unspecified atom stereocenters. The first-order valence-corrected chi connectivity index (χ1v) is 19.6. The fourth-order valence-corrected chi connectivity index (χ4v) is 10.1. The van der Waals surface area contributed by atoms with Crippen molar-refractivity contribution in [1.29, 1.82) is 0 Å². The Balaban J connectivity index is 1.23. The van der Waals surface area contributed by atoms with Gasteiger partial charge in [0.2, 0.25) is 0 Å². The summed E-state index contributed by atoms with van der Waals surface area (Å²) in [6.07, 6.45) is 5.26. The number of carbonyl (C=O) groups excluding carboxylic acids is 1. The Morgan fingerprint density at radius 1 is 0.918 bits per heavy atom. The number of halogens is 5. The molecule has 0 amide bonds. The largest absolute Gasteiger partial charge is 0.481 e. The Hall–Kier alpha value is -2.08. The number of alkyl halides is 5. The van der Waals surface area contributed by atoms with Crippen molar-refractivity contribution < 1.29 is 50.7 Å². The Morgan fingerprint density at radius 3 is 2.29 bits per heavy atom. The molecule has 0 bridgehead atoms. The minimum atomic E-state index is -5.56. The number of hydrogen-bond donors (Lipinski definition) is 2. The van der Waals surface area contributed by atoms with Crippen molar-refractivity contribution >= 4 is 22.7 Å². The fourth-order valence-electron chi connectivity index (χ4n) is 8.90. The van der Waals surface area contributed by atoms with Crippen LogP contribution in [0.5, 0.6) is 5.75 Å². The number of benzene rings is 1. The van der Waals surface area contributed by atoms with Gasteiger partial charge in [0.15, 0.2) is 0 Å². The molecule has 2 N–H and O–H groups in total. The summed E-state index contributed by atoms with van der Waals surface area (Å²) in [5, 5.41) is 19.8. The molecule has 2 saturated carbocycles. The summed E-state index contributed by atoms with van der Waals surface area (Å²) in [6.45, 7) is 2.27. The molecule has 0 aromatic heterocycles. The zero-order valence-corrected chi connectivity index (χ0v) is 29.4. The second kappa shape index (κ2) is 17.4. The molecule has 0 heterocycles. The van der Waals surface area contributed by atoms with Crippen molar-refractivity contribution in [1.82, 2.24) is 0 Å². The second-order valence-corrected chi connectivity index (χ2v) is 16.6. The van der Waals surface area contributed by atoms with E-state index in [1.807, 2.05) is 12.1 Å². The van der Waals surface area contributed by atoms with Crippen LogP contribution in [0.2, 0.25) is 0 Å². The molecule has 6 nitrogen and oxygen atoms in total. The third kappa shape index (κ3) is 10.5. The molecule has 2 fully saturated rings. The molecule has 7 atom stereocenters. The van der Waals surface area contributed by atoms with Gasteiger partial charge in [0, 0.05) is 41.6 Å². The average molecular weight is 721 g/mol. The van der Waals surface area contributed by atoms with Gasteiger partial charge in [0.05, 0.1) is 6.10 Å². The van der Waals surface area contributed by atoms with E-state index in [0.717, 1.165) is 77.0 Å². The number of rotatable bonds is 19. The van der Waals surface area contributed by atoms with Crippen molar-refractivity contribution in [2.45, 2.75) is 147 Å². The molecular formula is C37H53F5O6S. The first-order valence-electron chi connectivity index (χ1n) is 18.2. The van der Waals surface area contributed by atoms with E-state index in [4.69, 9.17) is 9.84 Å². The van der Waals surface area contributed by atoms with Gasteiger partial charge in [-0.3, -0.25) is 13.8 Å². The van der Waals surface area contributed by atoms with Gasteiger partial charge in [0.25, 0.3) is 0 Å². The lowest BCUT2D eigenvalue weighted by Gasteiger charge is -2.53. The summed E-state index contributed by atoms with van der Waals surface area (Å²) in [4.78, 5) is 23.1. The van der Waals surface area contributed by atoms with E-state index in [-0.39, 0.29) is 36.5 Å². The number of esters is 1. The summed E-state index contributed by atoms with van der Waals surface area (Å²) in [5.41, 5.74) is 2.49. The van der Waals surface area contributed by atoms with Crippen LogP contribution in [-0.4, -0.2) is 56.1 Å². The molecule has 3 aliphatic carbocycles. The maximum Gasteiger partial charge on any atom is 0.453 e. The second-order valence-electron chi connectivity index (χ2n) is 14.9. The van der Waals surface area contributed by atoms with Crippen LogP contribution in [-0.2, 0) is 26.8 Å². The van der Waals surface area contributed by atoms with Crippen molar-refractivity contribution in [3.8, 4) is 5.75 Å². The highest BCUT2D eigenvalue weighted by Gasteiger charge is 2.57. The van der Waals surface area contributed by atoms with E-state index in [2.05, 4.69) is 13.0 Å². The number of hydrogen-bond acceptors (Lipinski definition) is 5. The molecule has 0 spiro atoms. The summed E-state index contributed by atoms with van der Waals surface area (Å²) in [6, 6.07) is 5.97. The fraction of sp³-hybridized carbons (Fsp3) is 0.784. The van der Waals surface area contributed by atoms with Crippen molar-refractivity contribution in [3.63, 3.8) is 0 Å². The van der Waals surface area contributed by atoms with Crippen LogP contribution in [0.1, 0.15) is 133 Å². The van der Waals surface area contributed by atoms with Gasteiger partial charge >= 0.3 is 24.0 Å². The zero-order chi connectivity index (χ0) is 35.8. The maximum atomic E-state index is 13.0. The lowest BCUT2D eigenvalue weighted by atomic mass is 9.52. The van der Waals surface area contributed by atoms with Crippen LogP contribution in [0.3, 0.4) is 0 Å². The summed E-state index contributed by atoms with van der Waals surface area (Å²) >= 11 is 0. The summed E-state index contributed by atoms with van der Waals surface area (Å²) < 4.78 is 80.5. The minimum absolute atomic E-state index is 0.0525. The lowest BCUT2D eigenvalue weighted by molar-refractivity contribution is -0.284. The van der Waals surface area contributed by atoms with Gasteiger partial charge in [-0.15, -0.1) is 0 Å². The normalized spacial score (nSPS) is 27.2. The van der Waals surface area contributed by atoms with Gasteiger partial charge in [-0.25, -0.2) is 0 Å². The van der Waals surface area contributed by atoms with Crippen molar-refractivity contribution in [3.05, 3.63) is 29.3 Å². The predicted molar refractivity (Wildman–Crippen MR) is 178 cm³/mol. The molecule has 12 heteroatoms. The molecule has 1 aromatic carbocycles. The van der Waals surface area contributed by atoms with Crippen LogP contribution in [0.15, 0.2) is 18.2 Å². The van der Waals surface area contributed by atoms with Crippen LogP contribution in [0, 0.1) is 23.2 Å². The Morgan fingerprint density at radius 2 is 1.59 bits per heavy atom. The molecule has 278 valence electrons. The van der Waals surface area contributed by atoms with E-state index < -0.39 is 47.7 Å². The number of carboxylic acids is 1. The van der Waals surface area contributed by atoms with Crippen molar-refractivity contribution in [2.24, 2.45) is 23.2 Å². The number of aliphatic hydroxyl groups is 1. The highest BCUT2D eigenvalue weighted by molar-refractivity contribution is 7.84. The number of unbranched alkanes of at least 4 members (excludes halogenated alkanes) is 6. The third-order valence-corrected chi connectivity index (χ3v) is 13.0. The SMILES string of the molecule is C[C@]12CC[C@@H]3c4ccc(OC(=O)CCCC(=O)O)cc4C[C@@H](CCCCCCCCCS(=O)CCCC(F)(F)C(F)(F)F)[C@H]3[C@@H]1CC[C@@H]2O.